The topological polar surface area (TPSA) is 75.5 Å². The van der Waals surface area contributed by atoms with Crippen LogP contribution in [0, 0.1) is 27.7 Å². The molecule has 0 radical (unpaired) electrons. The maximum absolute atomic E-state index is 8.99. The van der Waals surface area contributed by atoms with Crippen LogP contribution in [-0.2, 0) is 13.0 Å². The first-order valence-corrected chi connectivity index (χ1v) is 18.4. The summed E-state index contributed by atoms with van der Waals surface area (Å²) in [5, 5.41) is 17.6. The molecule has 0 aliphatic carbocycles. The van der Waals surface area contributed by atoms with E-state index in [-0.39, 0.29) is 24.2 Å². The van der Waals surface area contributed by atoms with Crippen molar-refractivity contribution < 1.29 is 14.9 Å². The van der Waals surface area contributed by atoms with Gasteiger partial charge in [0.2, 0.25) is 0 Å². The van der Waals surface area contributed by atoms with Gasteiger partial charge in [-0.3, -0.25) is 0 Å². The van der Waals surface area contributed by atoms with Crippen molar-refractivity contribution in [2.45, 2.75) is 53.2 Å². The zero-order chi connectivity index (χ0) is 36.5. The van der Waals surface area contributed by atoms with Crippen molar-refractivity contribution in [1.29, 1.82) is 0 Å². The molecule has 0 fully saturated rings. The molecule has 3 heterocycles. The quantitative estimate of drug-likeness (QED) is 0.170. The molecule has 1 unspecified atom stereocenters. The smallest absolute Gasteiger partial charge is 0.141 e. The Hall–Kier alpha value is -4.56. The second-order valence-corrected chi connectivity index (χ2v) is 14.1. The Morgan fingerprint density at radius 3 is 1.86 bits per heavy atom. The minimum absolute atomic E-state index is 0.0192. The van der Waals surface area contributed by atoms with E-state index in [4.69, 9.17) is 14.9 Å². The lowest BCUT2D eigenvalue weighted by Crippen LogP contribution is -2.16. The maximum atomic E-state index is 8.99. The molecule has 0 saturated carbocycles. The van der Waals surface area contributed by atoms with Gasteiger partial charge in [0.05, 0.1) is 12.3 Å². The molecule has 51 heavy (non-hydrogen) atoms. The number of rotatable bonds is 5. The van der Waals surface area contributed by atoms with Gasteiger partial charge in [0.1, 0.15) is 32.5 Å². The number of halogens is 2. The van der Waals surface area contributed by atoms with Gasteiger partial charge >= 0.3 is 0 Å². The Morgan fingerprint density at radius 1 is 0.725 bits per heavy atom. The fourth-order valence-electron chi connectivity index (χ4n) is 6.30. The third kappa shape index (κ3) is 9.61. The predicted molar refractivity (Wildman–Crippen MR) is 216 cm³/mol. The number of aliphatic hydroxyl groups is 1. The Labute approximate surface area is 318 Å². The van der Waals surface area contributed by atoms with E-state index >= 15 is 0 Å². The fourth-order valence-corrected chi connectivity index (χ4v) is 6.99. The van der Waals surface area contributed by atoms with Crippen LogP contribution < -0.4 is 4.74 Å². The van der Waals surface area contributed by atoms with Crippen LogP contribution in [0.15, 0.2) is 125 Å². The van der Waals surface area contributed by atoms with Gasteiger partial charge in [-0.1, -0.05) is 85.5 Å². The number of aromatic hydroxyl groups is 1. The highest BCUT2D eigenvalue weighted by Gasteiger charge is 2.23. The molecule has 1 aliphatic heterocycles. The van der Waals surface area contributed by atoms with Crippen molar-refractivity contribution in [3.63, 3.8) is 0 Å². The van der Waals surface area contributed by atoms with E-state index in [0.717, 1.165) is 28.9 Å². The highest BCUT2D eigenvalue weighted by atomic mass is 79.9. The standard InChI is InChI=1S/C22H20BrNO.C16H16.C6H6BrNO2/c1-14-5-3-6-15(2)22(14)17-8-4-7-16(13-17)19-10-9-18-20(25-19)11-12-21(23)24-18;1-4-14-9-6-10-15(11-14)16-12(2)7-5-8-13(16)3;7-6-2-1-5(10)4(3-9)8-6/h3-8,11-13,19H,9-10H2,1-2H3;4-11H,1H2,2-3H3;1-2,9-10H,3H2. The molecular formula is C44H42Br2N2O3. The number of fused-ring (bicyclic) bond motifs is 1. The Balaban J connectivity index is 0.000000166. The number of hydrogen-bond donors (Lipinski definition) is 2. The van der Waals surface area contributed by atoms with E-state index in [1.807, 2.05) is 18.2 Å². The summed E-state index contributed by atoms with van der Waals surface area (Å²) in [6.45, 7) is 12.2. The van der Waals surface area contributed by atoms with Crippen LogP contribution in [0.1, 0.15) is 57.3 Å². The average molecular weight is 807 g/mol. The first-order valence-electron chi connectivity index (χ1n) is 16.8. The van der Waals surface area contributed by atoms with Crippen molar-refractivity contribution >= 4 is 37.9 Å². The number of ether oxygens (including phenoxy) is 1. The van der Waals surface area contributed by atoms with Gasteiger partial charge in [-0.05, 0) is 164 Å². The van der Waals surface area contributed by atoms with E-state index in [9.17, 15) is 0 Å². The number of aryl methyl sites for hydroxylation is 5. The summed E-state index contributed by atoms with van der Waals surface area (Å²) >= 11 is 6.54. The summed E-state index contributed by atoms with van der Waals surface area (Å²) in [5.41, 5.74) is 14.2. The summed E-state index contributed by atoms with van der Waals surface area (Å²) < 4.78 is 7.71. The second-order valence-electron chi connectivity index (χ2n) is 12.5. The maximum Gasteiger partial charge on any atom is 0.141 e. The van der Waals surface area contributed by atoms with E-state index in [1.165, 1.54) is 61.7 Å². The van der Waals surface area contributed by atoms with Crippen molar-refractivity contribution in [2.75, 3.05) is 0 Å². The Morgan fingerprint density at radius 2 is 1.27 bits per heavy atom. The van der Waals surface area contributed by atoms with E-state index in [2.05, 4.69) is 161 Å². The number of benzene rings is 4. The zero-order valence-corrected chi connectivity index (χ0v) is 32.5. The lowest BCUT2D eigenvalue weighted by molar-refractivity contribution is 0.174. The monoisotopic (exact) mass is 804 g/mol. The minimum atomic E-state index is -0.245. The summed E-state index contributed by atoms with van der Waals surface area (Å²) in [6.07, 6.45) is 3.86. The minimum Gasteiger partial charge on any atom is -0.506 e. The molecule has 7 rings (SSSR count). The van der Waals surface area contributed by atoms with Gasteiger partial charge in [-0.2, -0.15) is 0 Å². The van der Waals surface area contributed by atoms with Crippen LogP contribution in [0.3, 0.4) is 0 Å². The van der Waals surface area contributed by atoms with Crippen molar-refractivity contribution in [3.8, 4) is 33.8 Å². The Kier molecular flexibility index (Phi) is 13.0. The molecule has 0 saturated heterocycles. The molecule has 2 aromatic heterocycles. The van der Waals surface area contributed by atoms with Crippen molar-refractivity contribution in [2.24, 2.45) is 0 Å². The number of nitrogens with zero attached hydrogens (tertiary/aromatic N) is 2. The number of hydrogen-bond acceptors (Lipinski definition) is 5. The third-order valence-electron chi connectivity index (χ3n) is 8.80. The molecule has 6 aromatic rings. The van der Waals surface area contributed by atoms with Gasteiger partial charge in [0.25, 0.3) is 0 Å². The molecule has 4 aromatic carbocycles. The zero-order valence-electron chi connectivity index (χ0n) is 29.3. The molecule has 2 N–H and O–H groups in total. The molecule has 1 aliphatic rings. The lowest BCUT2D eigenvalue weighted by atomic mass is 9.92. The molecule has 5 nitrogen and oxygen atoms in total. The van der Waals surface area contributed by atoms with Gasteiger partial charge in [0, 0.05) is 0 Å². The number of pyridine rings is 2. The SMILES string of the molecule is C=Cc1cccc(-c2c(C)cccc2C)c1.Cc1cccc(C)c1-c1cccc(C2CCc3nc(Br)ccc3O2)c1.OCc1nc(Br)ccc1O. The van der Waals surface area contributed by atoms with Crippen LogP contribution in [0.25, 0.3) is 28.3 Å². The average Bonchev–Trinajstić information content (AvgIpc) is 3.13. The largest absolute Gasteiger partial charge is 0.506 e. The van der Waals surface area contributed by atoms with E-state index < -0.39 is 0 Å². The van der Waals surface area contributed by atoms with Gasteiger partial charge in [-0.25, -0.2) is 9.97 Å². The van der Waals surface area contributed by atoms with Crippen molar-refractivity contribution in [3.05, 3.63) is 170 Å². The summed E-state index contributed by atoms with van der Waals surface area (Å²) in [7, 11) is 0. The molecule has 0 spiro atoms. The van der Waals surface area contributed by atoms with Crippen LogP contribution in [0.4, 0.5) is 0 Å². The van der Waals surface area contributed by atoms with E-state index in [1.54, 1.807) is 6.07 Å². The van der Waals surface area contributed by atoms with Gasteiger partial charge < -0.3 is 14.9 Å². The van der Waals surface area contributed by atoms with Gasteiger partial charge in [-0.15, -0.1) is 0 Å². The molecule has 0 amide bonds. The third-order valence-corrected chi connectivity index (χ3v) is 9.68. The van der Waals surface area contributed by atoms with Gasteiger partial charge in [0.15, 0.2) is 0 Å². The first kappa shape index (κ1) is 37.7. The predicted octanol–water partition coefficient (Wildman–Crippen LogP) is 11.8. The van der Waals surface area contributed by atoms with Crippen LogP contribution in [0.2, 0.25) is 0 Å². The second kappa shape index (κ2) is 17.6. The highest BCUT2D eigenvalue weighted by molar-refractivity contribution is 9.10. The molecule has 260 valence electrons. The fraction of sp³-hybridized carbons (Fsp3) is 0.182. The summed E-state index contributed by atoms with van der Waals surface area (Å²) in [5.74, 6) is 0.919. The highest BCUT2D eigenvalue weighted by Crippen LogP contribution is 2.37. The van der Waals surface area contributed by atoms with Crippen LogP contribution in [0.5, 0.6) is 11.5 Å². The summed E-state index contributed by atoms with van der Waals surface area (Å²) in [4.78, 5) is 8.33. The molecular weight excluding hydrogens is 764 g/mol. The normalized spacial score (nSPS) is 13.0. The Bertz CT molecular complexity index is 2110. The lowest BCUT2D eigenvalue weighted by Gasteiger charge is -2.26. The molecule has 1 atom stereocenters. The van der Waals surface area contributed by atoms with E-state index in [0.29, 0.717) is 4.60 Å². The molecule has 0 bridgehead atoms. The van der Waals surface area contributed by atoms with Crippen LogP contribution >= 0.6 is 31.9 Å². The number of aromatic nitrogens is 2. The number of aliphatic hydroxyl groups excluding tert-OH is 1. The van der Waals surface area contributed by atoms with Crippen LogP contribution in [-0.4, -0.2) is 20.2 Å². The van der Waals surface area contributed by atoms with Crippen molar-refractivity contribution in [1.82, 2.24) is 9.97 Å². The molecule has 7 heteroatoms. The first-order chi connectivity index (χ1) is 24.6. The summed E-state index contributed by atoms with van der Waals surface area (Å²) in [6, 6.07) is 37.2.